The number of amides is 1. The van der Waals surface area contributed by atoms with Gasteiger partial charge in [-0.1, -0.05) is 29.8 Å². The maximum Gasteiger partial charge on any atom is 0.292 e. The van der Waals surface area contributed by atoms with Crippen molar-refractivity contribution in [2.45, 2.75) is 20.5 Å². The molecule has 0 fully saturated rings. The van der Waals surface area contributed by atoms with E-state index in [9.17, 15) is 9.59 Å². The Labute approximate surface area is 149 Å². The van der Waals surface area contributed by atoms with E-state index in [0.29, 0.717) is 5.56 Å². The van der Waals surface area contributed by atoms with Crippen molar-refractivity contribution < 1.29 is 14.3 Å². The van der Waals surface area contributed by atoms with Gasteiger partial charge in [0.1, 0.15) is 12.4 Å². The van der Waals surface area contributed by atoms with Crippen molar-refractivity contribution in [2.75, 3.05) is 7.05 Å². The number of nitrogens with one attached hydrogen (secondary N) is 1. The molecule has 4 nitrogen and oxygen atoms in total. The van der Waals surface area contributed by atoms with Gasteiger partial charge in [-0.15, -0.1) is 0 Å². The minimum atomic E-state index is -0.625. The van der Waals surface area contributed by atoms with E-state index in [1.807, 2.05) is 38.1 Å². The van der Waals surface area contributed by atoms with Crippen LogP contribution in [0.25, 0.3) is 0 Å². The molecule has 0 bridgehead atoms. The van der Waals surface area contributed by atoms with Crippen LogP contribution in [0, 0.1) is 17.4 Å². The zero-order chi connectivity index (χ0) is 17.0. The molecule has 1 N–H and O–H groups in total. The molecule has 0 unspecified atom stereocenters. The quantitative estimate of drug-likeness (QED) is 0.456. The summed E-state index contributed by atoms with van der Waals surface area (Å²) in [7, 11) is 1.44. The van der Waals surface area contributed by atoms with Crippen molar-refractivity contribution >= 4 is 34.3 Å². The zero-order valence-electron chi connectivity index (χ0n) is 13.3. The number of benzene rings is 2. The number of ketones is 1. The Hall–Kier alpha value is -1.89. The molecule has 0 aliphatic heterocycles. The molecular formula is C18H18INO3. The van der Waals surface area contributed by atoms with E-state index in [2.05, 4.69) is 27.9 Å². The average molecular weight is 423 g/mol. The highest BCUT2D eigenvalue weighted by molar-refractivity contribution is 14.1. The van der Waals surface area contributed by atoms with Crippen LogP contribution in [0.3, 0.4) is 0 Å². The monoisotopic (exact) mass is 423 g/mol. The molecule has 0 aliphatic rings. The minimum absolute atomic E-state index is 0.237. The first-order valence-electron chi connectivity index (χ1n) is 7.18. The predicted molar refractivity (Wildman–Crippen MR) is 97.8 cm³/mol. The van der Waals surface area contributed by atoms with Crippen LogP contribution in [0.1, 0.15) is 27.0 Å². The third kappa shape index (κ3) is 4.10. The van der Waals surface area contributed by atoms with E-state index < -0.39 is 11.7 Å². The Morgan fingerprint density at radius 3 is 2.57 bits per heavy atom. The molecule has 5 heteroatoms. The van der Waals surface area contributed by atoms with Crippen molar-refractivity contribution in [1.29, 1.82) is 0 Å². The maximum absolute atomic E-state index is 12.2. The summed E-state index contributed by atoms with van der Waals surface area (Å²) in [5.74, 6) is -0.404. The van der Waals surface area contributed by atoms with Crippen molar-refractivity contribution in [3.8, 4) is 5.75 Å². The molecule has 2 rings (SSSR count). The third-order valence-electron chi connectivity index (χ3n) is 3.50. The molecule has 0 spiro atoms. The standard InChI is InChI=1S/C18H18INO3/c1-11-7-8-16(12(2)9-11)23-10-14-13(5-4-6-15(14)19)17(21)18(22)20-3/h4-9H,10H2,1-3H3,(H,20,22). The van der Waals surface area contributed by atoms with Crippen LogP contribution >= 0.6 is 22.6 Å². The Morgan fingerprint density at radius 2 is 1.91 bits per heavy atom. The SMILES string of the molecule is CNC(=O)C(=O)c1cccc(I)c1COc1ccc(C)cc1C. The number of hydrogen-bond donors (Lipinski definition) is 1. The lowest BCUT2D eigenvalue weighted by molar-refractivity contribution is -0.116. The van der Waals surface area contributed by atoms with Crippen LogP contribution < -0.4 is 10.1 Å². The summed E-state index contributed by atoms with van der Waals surface area (Å²) in [5, 5.41) is 2.37. The molecule has 0 aliphatic carbocycles. The first kappa shape index (κ1) is 17.5. The summed E-state index contributed by atoms with van der Waals surface area (Å²) in [6.45, 7) is 4.24. The Morgan fingerprint density at radius 1 is 1.17 bits per heavy atom. The molecule has 2 aromatic carbocycles. The summed E-state index contributed by atoms with van der Waals surface area (Å²) < 4.78 is 6.76. The molecular weight excluding hydrogens is 405 g/mol. The van der Waals surface area contributed by atoms with E-state index in [1.165, 1.54) is 12.6 Å². The number of likely N-dealkylation sites (N-methyl/N-ethyl adjacent to an activating group) is 1. The molecule has 0 saturated heterocycles. The van der Waals surface area contributed by atoms with Gasteiger partial charge < -0.3 is 10.1 Å². The number of halogens is 1. The van der Waals surface area contributed by atoms with E-state index in [4.69, 9.17) is 4.74 Å². The molecule has 2 aromatic rings. The lowest BCUT2D eigenvalue weighted by Crippen LogP contribution is -2.28. The van der Waals surface area contributed by atoms with Crippen LogP contribution in [0.4, 0.5) is 0 Å². The fourth-order valence-corrected chi connectivity index (χ4v) is 2.92. The van der Waals surface area contributed by atoms with Crippen molar-refractivity contribution in [2.24, 2.45) is 0 Å². The second kappa shape index (κ2) is 7.59. The second-order valence-electron chi connectivity index (χ2n) is 5.23. The van der Waals surface area contributed by atoms with Crippen LogP contribution in [0.15, 0.2) is 36.4 Å². The van der Waals surface area contributed by atoms with Crippen molar-refractivity contribution in [3.05, 3.63) is 62.2 Å². The van der Waals surface area contributed by atoms with Gasteiger partial charge in [0.05, 0.1) is 0 Å². The summed E-state index contributed by atoms with van der Waals surface area (Å²) >= 11 is 2.15. The van der Waals surface area contributed by atoms with Gasteiger partial charge in [-0.2, -0.15) is 0 Å². The van der Waals surface area contributed by atoms with E-state index in [0.717, 1.165) is 20.4 Å². The Bertz CT molecular complexity index is 756. The first-order valence-corrected chi connectivity index (χ1v) is 8.25. The molecule has 120 valence electrons. The van der Waals surface area contributed by atoms with Crippen LogP contribution in [-0.4, -0.2) is 18.7 Å². The van der Waals surface area contributed by atoms with Gasteiger partial charge in [-0.05, 0) is 54.1 Å². The smallest absolute Gasteiger partial charge is 0.292 e. The van der Waals surface area contributed by atoms with Crippen LogP contribution in [0.2, 0.25) is 0 Å². The lowest BCUT2D eigenvalue weighted by Gasteiger charge is -2.13. The zero-order valence-corrected chi connectivity index (χ0v) is 15.4. The Kier molecular flexibility index (Phi) is 5.76. The second-order valence-corrected chi connectivity index (χ2v) is 6.39. The van der Waals surface area contributed by atoms with Gasteiger partial charge in [0, 0.05) is 21.7 Å². The van der Waals surface area contributed by atoms with Gasteiger partial charge in [-0.3, -0.25) is 9.59 Å². The van der Waals surface area contributed by atoms with Gasteiger partial charge in [0.2, 0.25) is 0 Å². The van der Waals surface area contributed by atoms with Crippen LogP contribution in [0.5, 0.6) is 5.75 Å². The molecule has 0 atom stereocenters. The number of hydrogen-bond acceptors (Lipinski definition) is 3. The van der Waals surface area contributed by atoms with E-state index in [1.54, 1.807) is 12.1 Å². The Balaban J connectivity index is 2.29. The highest BCUT2D eigenvalue weighted by Gasteiger charge is 2.20. The maximum atomic E-state index is 12.2. The molecule has 0 aromatic heterocycles. The topological polar surface area (TPSA) is 55.4 Å². The third-order valence-corrected chi connectivity index (χ3v) is 4.51. The average Bonchev–Trinajstić information content (AvgIpc) is 2.53. The van der Waals surface area contributed by atoms with Crippen molar-refractivity contribution in [1.82, 2.24) is 5.32 Å². The van der Waals surface area contributed by atoms with Gasteiger partial charge >= 0.3 is 0 Å². The summed E-state index contributed by atoms with van der Waals surface area (Å²) in [4.78, 5) is 23.8. The first-order chi connectivity index (χ1) is 10.9. The number of carbonyl (C=O) groups excluding carboxylic acids is 2. The molecule has 1 amide bonds. The lowest BCUT2D eigenvalue weighted by atomic mass is 10.0. The number of Topliss-reactive ketones (excluding diaryl/α,β-unsaturated/α-hetero) is 1. The summed E-state index contributed by atoms with van der Waals surface area (Å²) in [5.41, 5.74) is 3.30. The predicted octanol–water partition coefficient (Wildman–Crippen LogP) is 3.42. The molecule has 0 radical (unpaired) electrons. The number of aryl methyl sites for hydroxylation is 2. The largest absolute Gasteiger partial charge is 0.489 e. The molecule has 0 heterocycles. The normalized spacial score (nSPS) is 10.3. The minimum Gasteiger partial charge on any atom is -0.489 e. The van der Waals surface area contributed by atoms with Crippen molar-refractivity contribution in [3.63, 3.8) is 0 Å². The van der Waals surface area contributed by atoms with Gasteiger partial charge in [0.15, 0.2) is 0 Å². The highest BCUT2D eigenvalue weighted by Crippen LogP contribution is 2.23. The highest BCUT2D eigenvalue weighted by atomic mass is 127. The van der Waals surface area contributed by atoms with Gasteiger partial charge in [-0.25, -0.2) is 0 Å². The van der Waals surface area contributed by atoms with Crippen LogP contribution in [-0.2, 0) is 11.4 Å². The molecule has 0 saturated carbocycles. The number of rotatable bonds is 5. The summed E-state index contributed by atoms with van der Waals surface area (Å²) in [6, 6.07) is 11.2. The van der Waals surface area contributed by atoms with E-state index in [-0.39, 0.29) is 6.61 Å². The fraction of sp³-hybridized carbons (Fsp3) is 0.222. The molecule has 23 heavy (non-hydrogen) atoms. The number of carbonyl (C=O) groups is 2. The summed E-state index contributed by atoms with van der Waals surface area (Å²) in [6.07, 6.45) is 0. The fourth-order valence-electron chi connectivity index (χ4n) is 2.27. The van der Waals surface area contributed by atoms with Gasteiger partial charge in [0.25, 0.3) is 11.7 Å². The number of ether oxygens (including phenoxy) is 1. The van der Waals surface area contributed by atoms with E-state index >= 15 is 0 Å².